The first-order chi connectivity index (χ1) is 17.6. The Morgan fingerprint density at radius 1 is 1.22 bits per heavy atom. The smallest absolute Gasteiger partial charge is 0.433 e. The normalized spacial score (nSPS) is 11.4. The fourth-order valence-corrected chi connectivity index (χ4v) is 4.83. The van der Waals surface area contributed by atoms with Gasteiger partial charge in [0.25, 0.3) is 5.56 Å². The molecule has 0 N–H and O–H groups in total. The summed E-state index contributed by atoms with van der Waals surface area (Å²) in [6.07, 6.45) is 1.88. The molecule has 4 aromatic rings. The number of fused-ring (bicyclic) bond motifs is 1. The summed E-state index contributed by atoms with van der Waals surface area (Å²) in [5.74, 6) is 2.00. The van der Waals surface area contributed by atoms with Gasteiger partial charge in [0.05, 0.1) is 16.1 Å². The van der Waals surface area contributed by atoms with Crippen LogP contribution in [0.25, 0.3) is 27.0 Å². The van der Waals surface area contributed by atoms with Gasteiger partial charge in [-0.1, -0.05) is 23.7 Å². The second kappa shape index (κ2) is 10.7. The van der Waals surface area contributed by atoms with Crippen molar-refractivity contribution in [3.8, 4) is 35.0 Å². The van der Waals surface area contributed by atoms with Crippen LogP contribution in [0.1, 0.15) is 11.3 Å². The molecule has 0 spiro atoms. The van der Waals surface area contributed by atoms with Crippen LogP contribution in [0.2, 0.25) is 0 Å². The van der Waals surface area contributed by atoms with E-state index in [4.69, 9.17) is 15.9 Å². The molecule has 0 saturated carbocycles. The van der Waals surface area contributed by atoms with Gasteiger partial charge in [0, 0.05) is 17.0 Å². The topological polar surface area (TPSA) is 83.3 Å². The third-order valence-corrected chi connectivity index (χ3v) is 6.68. The van der Waals surface area contributed by atoms with Gasteiger partial charge in [-0.25, -0.2) is 9.78 Å². The van der Waals surface area contributed by atoms with Crippen molar-refractivity contribution in [2.24, 2.45) is 0 Å². The van der Waals surface area contributed by atoms with E-state index in [-0.39, 0.29) is 18.4 Å². The number of aromatic nitrogens is 3. The van der Waals surface area contributed by atoms with Crippen LogP contribution in [0, 0.1) is 19.3 Å². The average Bonchev–Trinajstić information content (AvgIpc) is 3.28. The molecule has 37 heavy (non-hydrogen) atoms. The first-order valence-corrected chi connectivity index (χ1v) is 12.6. The zero-order chi connectivity index (χ0) is 26.7. The summed E-state index contributed by atoms with van der Waals surface area (Å²) in [4.78, 5) is 28.1. The van der Waals surface area contributed by atoms with Crippen molar-refractivity contribution in [1.82, 2.24) is 13.9 Å². The summed E-state index contributed by atoms with van der Waals surface area (Å²) in [6, 6.07) is 10.8. The Morgan fingerprint density at radius 3 is 2.70 bits per heavy atom. The Hall–Kier alpha value is -3.82. The van der Waals surface area contributed by atoms with Gasteiger partial charge in [-0.3, -0.25) is 9.36 Å². The molecular formula is C25H18F3N3O4S2. The number of carbonyl (C=O) groups is 1. The molecule has 0 aliphatic heterocycles. The molecule has 0 bridgehead atoms. The van der Waals surface area contributed by atoms with Gasteiger partial charge in [0.2, 0.25) is 0 Å². The first-order valence-electron chi connectivity index (χ1n) is 10.6. The summed E-state index contributed by atoms with van der Waals surface area (Å²) in [6.45, 7) is 1.41. The van der Waals surface area contributed by atoms with Gasteiger partial charge < -0.3 is 9.47 Å². The van der Waals surface area contributed by atoms with Crippen molar-refractivity contribution in [3.05, 3.63) is 64.1 Å². The van der Waals surface area contributed by atoms with Crippen LogP contribution < -0.4 is 10.3 Å². The van der Waals surface area contributed by atoms with Crippen LogP contribution >= 0.6 is 23.3 Å². The van der Waals surface area contributed by atoms with Gasteiger partial charge in [-0.2, -0.15) is 17.5 Å². The lowest BCUT2D eigenvalue weighted by molar-refractivity contribution is -0.144. The number of hydrogen-bond acceptors (Lipinski definition) is 8. The quantitative estimate of drug-likeness (QED) is 0.138. The van der Waals surface area contributed by atoms with E-state index in [1.807, 2.05) is 13.0 Å². The third kappa shape index (κ3) is 5.63. The fourth-order valence-electron chi connectivity index (χ4n) is 3.49. The second-order valence-electron chi connectivity index (χ2n) is 7.64. The predicted molar refractivity (Wildman–Crippen MR) is 135 cm³/mol. The molecule has 0 saturated heterocycles. The molecule has 0 radical (unpaired) electrons. The Kier molecular flexibility index (Phi) is 7.56. The highest BCUT2D eigenvalue weighted by Gasteiger charge is 2.34. The highest BCUT2D eigenvalue weighted by atomic mass is 32.2. The number of nitrogens with zero attached hydrogens (tertiary/aromatic N) is 3. The van der Waals surface area contributed by atoms with Crippen molar-refractivity contribution < 1.29 is 27.4 Å². The lowest BCUT2D eigenvalue weighted by Gasteiger charge is -2.13. The lowest BCUT2D eigenvalue weighted by Crippen LogP contribution is -2.24. The Bertz CT molecular complexity index is 1590. The lowest BCUT2D eigenvalue weighted by atomic mass is 10.0. The molecular weight excluding hydrogens is 527 g/mol. The molecule has 12 heteroatoms. The summed E-state index contributed by atoms with van der Waals surface area (Å²) in [5.41, 5.74) is 0.454. The van der Waals surface area contributed by atoms with Gasteiger partial charge in [0.1, 0.15) is 5.75 Å². The van der Waals surface area contributed by atoms with E-state index in [1.165, 1.54) is 11.5 Å². The SMILES string of the molecule is C#CCOC(=O)COc1ccc(C)c(-c2nsc3ccc(-n4c(SC)nc(C(F)(F)F)cc4=O)cc23)c1. The number of thioether (sulfide) groups is 1. The standard InChI is InChI=1S/C25H18F3N3O4S2/c1-4-9-34-22(33)13-35-16-7-5-14(2)17(11-16)23-18-10-15(6-8-19(18)37-30-23)31-21(32)12-20(25(26,27)28)29-24(31)36-3/h1,5-8,10-12H,9,13H2,2-3H3. The largest absolute Gasteiger partial charge is 0.482 e. The molecule has 2 heterocycles. The Labute approximate surface area is 217 Å². The minimum Gasteiger partial charge on any atom is -0.482 e. The highest BCUT2D eigenvalue weighted by Crippen LogP contribution is 2.36. The number of rotatable bonds is 7. The zero-order valence-corrected chi connectivity index (χ0v) is 21.1. The van der Waals surface area contributed by atoms with Gasteiger partial charge in [-0.05, 0) is 60.6 Å². The summed E-state index contributed by atoms with van der Waals surface area (Å²) in [7, 11) is 0. The number of benzene rings is 2. The summed E-state index contributed by atoms with van der Waals surface area (Å²) in [5, 5.41) is 0.599. The van der Waals surface area contributed by atoms with E-state index in [1.54, 1.807) is 36.6 Å². The van der Waals surface area contributed by atoms with Crippen LogP contribution in [0.3, 0.4) is 0 Å². The maximum atomic E-state index is 13.2. The Morgan fingerprint density at radius 2 is 2.00 bits per heavy atom. The molecule has 7 nitrogen and oxygen atoms in total. The summed E-state index contributed by atoms with van der Waals surface area (Å²) < 4.78 is 56.4. The van der Waals surface area contributed by atoms with E-state index >= 15 is 0 Å². The minimum atomic E-state index is -4.74. The van der Waals surface area contributed by atoms with Crippen molar-refractivity contribution in [3.63, 3.8) is 0 Å². The first kappa shape index (κ1) is 26.2. The molecule has 4 rings (SSSR count). The molecule has 2 aromatic heterocycles. The number of hydrogen-bond donors (Lipinski definition) is 0. The second-order valence-corrected chi connectivity index (χ2v) is 9.22. The molecule has 0 fully saturated rings. The van der Waals surface area contributed by atoms with Crippen LogP contribution in [0.15, 0.2) is 52.4 Å². The van der Waals surface area contributed by atoms with Crippen molar-refractivity contribution in [2.75, 3.05) is 19.5 Å². The predicted octanol–water partition coefficient (Wildman–Crippen LogP) is 5.11. The number of ether oxygens (including phenoxy) is 2. The molecule has 0 amide bonds. The van der Waals surface area contributed by atoms with E-state index in [2.05, 4.69) is 15.3 Å². The van der Waals surface area contributed by atoms with Gasteiger partial charge >= 0.3 is 12.1 Å². The average molecular weight is 546 g/mol. The Balaban J connectivity index is 1.75. The zero-order valence-electron chi connectivity index (χ0n) is 19.5. The van der Waals surface area contributed by atoms with Crippen molar-refractivity contribution in [1.29, 1.82) is 0 Å². The van der Waals surface area contributed by atoms with E-state index in [0.717, 1.165) is 32.2 Å². The maximum Gasteiger partial charge on any atom is 0.433 e. The number of terminal acetylenes is 1. The van der Waals surface area contributed by atoms with Gasteiger partial charge in [-0.15, -0.1) is 6.42 Å². The number of alkyl halides is 3. The van der Waals surface area contributed by atoms with Crippen molar-refractivity contribution >= 4 is 39.3 Å². The number of esters is 1. The van der Waals surface area contributed by atoms with Crippen LogP contribution in [-0.4, -0.2) is 39.4 Å². The van der Waals surface area contributed by atoms with E-state index in [9.17, 15) is 22.8 Å². The van der Waals surface area contributed by atoms with Crippen LogP contribution in [-0.2, 0) is 15.7 Å². The minimum absolute atomic E-state index is 0.0905. The van der Waals surface area contributed by atoms with Crippen LogP contribution in [0.5, 0.6) is 5.75 Å². The van der Waals surface area contributed by atoms with Crippen LogP contribution in [0.4, 0.5) is 13.2 Å². The van der Waals surface area contributed by atoms with E-state index < -0.39 is 23.4 Å². The molecule has 0 unspecified atom stereocenters. The molecule has 190 valence electrons. The molecule has 0 aliphatic carbocycles. The summed E-state index contributed by atoms with van der Waals surface area (Å²) >= 11 is 2.17. The number of carbonyl (C=O) groups excluding carboxylic acids is 1. The molecule has 0 aliphatic rings. The third-order valence-electron chi connectivity index (χ3n) is 5.21. The monoisotopic (exact) mass is 545 g/mol. The number of aryl methyl sites for hydroxylation is 1. The number of halogens is 3. The molecule has 0 atom stereocenters. The molecule has 2 aromatic carbocycles. The van der Waals surface area contributed by atoms with Gasteiger partial charge in [0.15, 0.2) is 24.1 Å². The van der Waals surface area contributed by atoms with Crippen molar-refractivity contribution in [2.45, 2.75) is 18.3 Å². The maximum absolute atomic E-state index is 13.2. The highest BCUT2D eigenvalue weighted by molar-refractivity contribution is 7.98. The fraction of sp³-hybridized carbons (Fsp3) is 0.200. The van der Waals surface area contributed by atoms with E-state index in [0.29, 0.717) is 28.6 Å².